The van der Waals surface area contributed by atoms with E-state index in [2.05, 4.69) is 25.1 Å². The van der Waals surface area contributed by atoms with Crippen molar-refractivity contribution in [2.45, 2.75) is 6.42 Å². The maximum Gasteiger partial charge on any atom is 2.00 e. The van der Waals surface area contributed by atoms with Gasteiger partial charge < -0.3 is 22.0 Å². The summed E-state index contributed by atoms with van der Waals surface area (Å²) < 4.78 is 5.51. The summed E-state index contributed by atoms with van der Waals surface area (Å²) in [6.45, 7) is 1.85. The molecule has 1 aromatic carbocycles. The molecule has 15 heavy (non-hydrogen) atoms. The molecule has 0 radical (unpaired) electrons. The molecule has 0 aliphatic carbocycles. The molecule has 0 spiro atoms. The van der Waals surface area contributed by atoms with E-state index in [9.17, 15) is 0 Å². The Balaban J connectivity index is 0. The van der Waals surface area contributed by atoms with Gasteiger partial charge in [-0.1, -0.05) is 0 Å². The van der Waals surface area contributed by atoms with Gasteiger partial charge >= 0.3 is 23.1 Å². The first-order valence-corrected chi connectivity index (χ1v) is 4.52. The Morgan fingerprint density at radius 1 is 1.27 bits per heavy atom. The zero-order valence-electron chi connectivity index (χ0n) is 9.37. The molecule has 2 nitrogen and oxygen atoms in total. The first-order valence-electron chi connectivity index (χ1n) is 4.52. The quantitative estimate of drug-likeness (QED) is 0.349. The van der Waals surface area contributed by atoms with Gasteiger partial charge in [0.2, 0.25) is 0 Å². The molecular formula is C11H16ClMgNO. The van der Waals surface area contributed by atoms with Crippen molar-refractivity contribution in [3.63, 3.8) is 0 Å². The molecule has 0 N–H and O–H groups in total. The summed E-state index contributed by atoms with van der Waals surface area (Å²) in [5, 5.41) is 0. The number of hydrogen-bond acceptors (Lipinski definition) is 2. The van der Waals surface area contributed by atoms with E-state index in [-0.39, 0.29) is 35.5 Å². The van der Waals surface area contributed by atoms with Crippen LogP contribution in [0.4, 0.5) is 0 Å². The third-order valence-electron chi connectivity index (χ3n) is 1.71. The van der Waals surface area contributed by atoms with Gasteiger partial charge in [-0.25, -0.2) is 0 Å². The van der Waals surface area contributed by atoms with E-state index in [0.717, 1.165) is 25.3 Å². The Bertz CT molecular complexity index is 231. The van der Waals surface area contributed by atoms with Crippen LogP contribution < -0.4 is 17.1 Å². The van der Waals surface area contributed by atoms with Crippen LogP contribution in [0.5, 0.6) is 5.75 Å². The third-order valence-corrected chi connectivity index (χ3v) is 1.71. The molecule has 0 atom stereocenters. The number of benzene rings is 1. The number of nitrogens with zero attached hydrogens (tertiary/aromatic N) is 1. The fraction of sp³-hybridized carbons (Fsp3) is 0.455. The van der Waals surface area contributed by atoms with E-state index in [1.807, 2.05) is 24.3 Å². The average molecular weight is 238 g/mol. The van der Waals surface area contributed by atoms with Crippen molar-refractivity contribution in [3.8, 4) is 5.75 Å². The minimum absolute atomic E-state index is 0. The Morgan fingerprint density at radius 3 is 2.40 bits per heavy atom. The van der Waals surface area contributed by atoms with Crippen molar-refractivity contribution < 1.29 is 17.1 Å². The molecule has 0 saturated carbocycles. The predicted molar refractivity (Wildman–Crippen MR) is 59.7 cm³/mol. The van der Waals surface area contributed by atoms with E-state index in [1.54, 1.807) is 0 Å². The average Bonchev–Trinajstić information content (AvgIpc) is 2.14. The van der Waals surface area contributed by atoms with Gasteiger partial charge in [-0.05, 0) is 20.5 Å². The third kappa shape index (κ3) is 8.99. The van der Waals surface area contributed by atoms with Crippen molar-refractivity contribution in [1.82, 2.24) is 4.90 Å². The van der Waals surface area contributed by atoms with Crippen LogP contribution in [0.25, 0.3) is 0 Å². The second-order valence-electron chi connectivity index (χ2n) is 3.24. The molecule has 1 aromatic rings. The molecule has 80 valence electrons. The molecule has 0 heterocycles. The van der Waals surface area contributed by atoms with Gasteiger partial charge in [0.25, 0.3) is 0 Å². The Morgan fingerprint density at radius 2 is 1.87 bits per heavy atom. The van der Waals surface area contributed by atoms with Gasteiger partial charge in [0.05, 0.1) is 6.61 Å². The molecule has 1 rings (SSSR count). The van der Waals surface area contributed by atoms with E-state index in [0.29, 0.717) is 0 Å². The first kappa shape index (κ1) is 17.4. The van der Waals surface area contributed by atoms with Crippen molar-refractivity contribution in [3.05, 3.63) is 30.3 Å². The van der Waals surface area contributed by atoms with E-state index < -0.39 is 0 Å². The molecule has 0 saturated heterocycles. The zero-order valence-corrected chi connectivity index (χ0v) is 11.5. The molecule has 4 heteroatoms. The van der Waals surface area contributed by atoms with Gasteiger partial charge in [-0.15, -0.1) is 12.1 Å². The largest absolute Gasteiger partial charge is 2.00 e. The predicted octanol–water partition coefficient (Wildman–Crippen LogP) is -1.56. The summed E-state index contributed by atoms with van der Waals surface area (Å²) in [6, 6.07) is 10.5. The summed E-state index contributed by atoms with van der Waals surface area (Å²) >= 11 is 0. The van der Waals surface area contributed by atoms with Crippen LogP contribution in [0.3, 0.4) is 0 Å². The molecule has 0 aliphatic rings. The number of hydrogen-bond donors (Lipinski definition) is 0. The maximum absolute atomic E-state index is 5.51. The van der Waals surface area contributed by atoms with Crippen LogP contribution in [-0.4, -0.2) is 55.2 Å². The van der Waals surface area contributed by atoms with Gasteiger partial charge in [-0.3, -0.25) is 0 Å². The summed E-state index contributed by atoms with van der Waals surface area (Å²) in [7, 11) is 4.13. The first-order chi connectivity index (χ1) is 6.29. The topological polar surface area (TPSA) is 12.5 Å². The maximum atomic E-state index is 5.51. The van der Waals surface area contributed by atoms with Gasteiger partial charge in [-0.2, -0.15) is 18.2 Å². The second kappa shape index (κ2) is 10.6. The van der Waals surface area contributed by atoms with Gasteiger partial charge in [0.1, 0.15) is 0 Å². The number of halogens is 1. The number of rotatable bonds is 5. The fourth-order valence-corrected chi connectivity index (χ4v) is 1.04. The monoisotopic (exact) mass is 237 g/mol. The minimum atomic E-state index is 0. The molecular weight excluding hydrogens is 222 g/mol. The fourth-order valence-electron chi connectivity index (χ4n) is 1.04. The second-order valence-corrected chi connectivity index (χ2v) is 3.24. The summed E-state index contributed by atoms with van der Waals surface area (Å²) in [6.07, 6.45) is 1.06. The van der Waals surface area contributed by atoms with E-state index in [4.69, 9.17) is 4.74 Å². The Labute approximate surface area is 115 Å². The van der Waals surface area contributed by atoms with Crippen molar-refractivity contribution in [1.29, 1.82) is 0 Å². The molecule has 0 unspecified atom stereocenters. The van der Waals surface area contributed by atoms with Crippen LogP contribution >= 0.6 is 0 Å². The molecule has 0 amide bonds. The van der Waals surface area contributed by atoms with Crippen molar-refractivity contribution in [2.75, 3.05) is 27.2 Å². The number of ether oxygens (including phenoxy) is 1. The van der Waals surface area contributed by atoms with Crippen LogP contribution in [0.1, 0.15) is 6.42 Å². The zero-order chi connectivity index (χ0) is 9.52. The summed E-state index contributed by atoms with van der Waals surface area (Å²) in [5.41, 5.74) is 0. The van der Waals surface area contributed by atoms with Gasteiger partial charge in [0, 0.05) is 12.3 Å². The smallest absolute Gasteiger partial charge is 1.00 e. The van der Waals surface area contributed by atoms with Crippen molar-refractivity contribution >= 4 is 23.1 Å². The summed E-state index contributed by atoms with van der Waals surface area (Å²) in [4.78, 5) is 2.15. The summed E-state index contributed by atoms with van der Waals surface area (Å²) in [5.74, 6) is 0.928. The van der Waals surface area contributed by atoms with E-state index >= 15 is 0 Å². The normalized spacial score (nSPS) is 9.00. The SMILES string of the molecule is CN(C)CCCOc1cc[c-]cc1.[Cl-].[Mg+2]. The Kier molecular flexibility index (Phi) is 12.3. The van der Waals surface area contributed by atoms with Crippen molar-refractivity contribution in [2.24, 2.45) is 0 Å². The molecule has 0 bridgehead atoms. The van der Waals surface area contributed by atoms with Crippen LogP contribution in [0.2, 0.25) is 0 Å². The Hall–Kier alpha value is 0.0362. The standard InChI is InChI=1S/C11H16NO.ClH.Mg/c1-12(2)9-6-10-13-11-7-4-3-5-8-11;;/h4-5,7-8H,6,9-10H2,1-2H3;1H;/q-1;;+2/p-1. The molecule has 0 aliphatic heterocycles. The molecule has 0 fully saturated rings. The molecule has 0 aromatic heterocycles. The van der Waals surface area contributed by atoms with E-state index in [1.165, 1.54) is 0 Å². The van der Waals surface area contributed by atoms with Crippen LogP contribution in [0.15, 0.2) is 24.3 Å². The van der Waals surface area contributed by atoms with Crippen LogP contribution in [-0.2, 0) is 0 Å². The van der Waals surface area contributed by atoms with Gasteiger partial charge in [0.15, 0.2) is 0 Å². The minimum Gasteiger partial charge on any atom is -1.00 e. The van der Waals surface area contributed by atoms with Crippen LogP contribution in [0, 0.1) is 6.07 Å².